The molecule has 2 aliphatic carbocycles. The van der Waals surface area contributed by atoms with Crippen molar-refractivity contribution >= 4 is 21.7 Å². The smallest absolute Gasteiger partial charge is 0.136 e. The van der Waals surface area contributed by atoms with Crippen LogP contribution < -0.4 is 0 Å². The number of rotatable bonds is 1. The number of halogens is 1. The molecule has 0 heterocycles. The summed E-state index contributed by atoms with van der Waals surface area (Å²) in [5.41, 5.74) is 1.59. The molecule has 0 bridgehead atoms. The van der Waals surface area contributed by atoms with E-state index in [-0.39, 0.29) is 5.41 Å². The summed E-state index contributed by atoms with van der Waals surface area (Å²) in [5.74, 6) is 0.821. The second kappa shape index (κ2) is 2.69. The van der Waals surface area contributed by atoms with Crippen molar-refractivity contribution in [1.29, 1.82) is 0 Å². The lowest BCUT2D eigenvalue weighted by molar-refractivity contribution is -0.119. The molecule has 2 atom stereocenters. The first-order valence-electron chi connectivity index (χ1n) is 5.01. The minimum atomic E-state index is 0.237. The summed E-state index contributed by atoms with van der Waals surface area (Å²) in [5, 5.41) is 0. The third-order valence-corrected chi connectivity index (χ3v) is 4.17. The van der Waals surface area contributed by atoms with Crippen molar-refractivity contribution in [3.8, 4) is 0 Å². The Morgan fingerprint density at radius 1 is 1.43 bits per heavy atom. The van der Waals surface area contributed by atoms with Crippen molar-refractivity contribution in [2.75, 3.05) is 0 Å². The van der Waals surface area contributed by atoms with E-state index in [4.69, 9.17) is 0 Å². The molecule has 72 valence electrons. The van der Waals surface area contributed by atoms with Crippen LogP contribution in [-0.4, -0.2) is 5.78 Å². The van der Waals surface area contributed by atoms with E-state index in [0.29, 0.717) is 11.7 Å². The van der Waals surface area contributed by atoms with Crippen LogP contribution in [0, 0.1) is 5.92 Å². The number of hydrogen-bond acceptors (Lipinski definition) is 1. The highest BCUT2D eigenvalue weighted by Gasteiger charge is 2.62. The molecular formula is C12H11BrO. The normalized spacial score (nSPS) is 34.4. The molecule has 14 heavy (non-hydrogen) atoms. The molecule has 1 aromatic carbocycles. The zero-order valence-corrected chi connectivity index (χ0v) is 9.38. The topological polar surface area (TPSA) is 17.1 Å². The fraction of sp³-hybridized carbons (Fsp3) is 0.417. The van der Waals surface area contributed by atoms with Gasteiger partial charge >= 0.3 is 0 Å². The van der Waals surface area contributed by atoms with Crippen LogP contribution in [0.2, 0.25) is 0 Å². The van der Waals surface area contributed by atoms with E-state index in [1.165, 1.54) is 5.56 Å². The quantitative estimate of drug-likeness (QED) is 0.749. The van der Waals surface area contributed by atoms with E-state index < -0.39 is 0 Å². The van der Waals surface area contributed by atoms with Crippen LogP contribution in [0.5, 0.6) is 0 Å². The van der Waals surface area contributed by atoms with Gasteiger partial charge in [-0.15, -0.1) is 0 Å². The second-order valence-electron chi connectivity index (χ2n) is 4.39. The average molecular weight is 251 g/mol. The summed E-state index contributed by atoms with van der Waals surface area (Å²) < 4.78 is 1.12. The lowest BCUT2D eigenvalue weighted by atomic mass is 9.93. The van der Waals surface area contributed by atoms with Crippen molar-refractivity contribution in [3.63, 3.8) is 0 Å². The Morgan fingerprint density at radius 2 is 2.29 bits per heavy atom. The SMILES string of the molecule is O=C1CC[C@@]2(c3cccc(Br)c3)CC12. The zero-order chi connectivity index (χ0) is 9.76. The maximum absolute atomic E-state index is 11.5. The minimum Gasteiger partial charge on any atom is -0.299 e. The van der Waals surface area contributed by atoms with Crippen molar-refractivity contribution in [3.05, 3.63) is 34.3 Å². The fourth-order valence-corrected chi connectivity index (χ4v) is 3.18. The molecule has 1 nitrogen and oxygen atoms in total. The van der Waals surface area contributed by atoms with Gasteiger partial charge in [0.05, 0.1) is 0 Å². The lowest BCUT2D eigenvalue weighted by Crippen LogP contribution is -2.04. The van der Waals surface area contributed by atoms with Crippen LogP contribution in [0.25, 0.3) is 0 Å². The van der Waals surface area contributed by atoms with E-state index in [9.17, 15) is 4.79 Å². The highest BCUT2D eigenvalue weighted by molar-refractivity contribution is 9.10. The van der Waals surface area contributed by atoms with Crippen LogP contribution >= 0.6 is 15.9 Å². The predicted octanol–water partition coefficient (Wildman–Crippen LogP) is 3.07. The molecule has 2 saturated carbocycles. The monoisotopic (exact) mass is 250 g/mol. The third-order valence-electron chi connectivity index (χ3n) is 3.68. The molecule has 0 saturated heterocycles. The summed E-state index contributed by atoms with van der Waals surface area (Å²) in [6.07, 6.45) is 2.94. The van der Waals surface area contributed by atoms with Crippen molar-refractivity contribution in [2.45, 2.75) is 24.7 Å². The molecule has 2 heteroatoms. The van der Waals surface area contributed by atoms with Gasteiger partial charge < -0.3 is 0 Å². The van der Waals surface area contributed by atoms with Gasteiger partial charge in [-0.25, -0.2) is 0 Å². The molecule has 0 N–H and O–H groups in total. The molecule has 2 aliphatic rings. The van der Waals surface area contributed by atoms with Crippen molar-refractivity contribution < 1.29 is 4.79 Å². The highest BCUT2D eigenvalue weighted by atomic mass is 79.9. The van der Waals surface area contributed by atoms with Crippen LogP contribution in [0.1, 0.15) is 24.8 Å². The number of carbonyl (C=O) groups excluding carboxylic acids is 1. The molecule has 0 spiro atoms. The van der Waals surface area contributed by atoms with E-state index in [2.05, 4.69) is 34.1 Å². The number of ketones is 1. The van der Waals surface area contributed by atoms with E-state index >= 15 is 0 Å². The number of Topliss-reactive ketones (excluding diaryl/α,β-unsaturated/α-hetero) is 1. The molecule has 3 rings (SSSR count). The molecule has 0 aliphatic heterocycles. The van der Waals surface area contributed by atoms with Gasteiger partial charge in [0.25, 0.3) is 0 Å². The third kappa shape index (κ3) is 1.04. The molecular weight excluding hydrogens is 240 g/mol. The summed E-state index contributed by atoms with van der Waals surface area (Å²) >= 11 is 3.48. The van der Waals surface area contributed by atoms with Crippen LogP contribution in [0.15, 0.2) is 28.7 Å². The van der Waals surface area contributed by atoms with Gasteiger partial charge in [-0.1, -0.05) is 28.1 Å². The predicted molar refractivity (Wildman–Crippen MR) is 58.2 cm³/mol. The van der Waals surface area contributed by atoms with Gasteiger partial charge in [-0.05, 0) is 30.5 Å². The van der Waals surface area contributed by atoms with Gasteiger partial charge in [0.1, 0.15) is 5.78 Å². The Labute approximate surface area is 91.6 Å². The molecule has 1 aromatic rings. The number of hydrogen-bond donors (Lipinski definition) is 0. The van der Waals surface area contributed by atoms with Gasteiger partial charge in [0.2, 0.25) is 0 Å². The fourth-order valence-electron chi connectivity index (χ4n) is 2.79. The Morgan fingerprint density at radius 3 is 2.86 bits per heavy atom. The molecule has 2 fully saturated rings. The lowest BCUT2D eigenvalue weighted by Gasteiger charge is -2.11. The first-order chi connectivity index (χ1) is 6.72. The minimum absolute atomic E-state index is 0.237. The first kappa shape index (κ1) is 8.66. The van der Waals surface area contributed by atoms with E-state index in [0.717, 1.165) is 23.7 Å². The molecule has 0 radical (unpaired) electrons. The van der Waals surface area contributed by atoms with Gasteiger partial charge in [-0.2, -0.15) is 0 Å². The Hall–Kier alpha value is -0.630. The molecule has 0 amide bonds. The Bertz CT molecular complexity index is 413. The number of carbonyl (C=O) groups is 1. The molecule has 1 unspecified atom stereocenters. The summed E-state index contributed by atoms with van der Waals surface area (Å²) in [6, 6.07) is 8.42. The average Bonchev–Trinajstić information content (AvgIpc) is 2.83. The maximum Gasteiger partial charge on any atom is 0.136 e. The standard InChI is InChI=1S/C12H11BrO/c13-9-3-1-2-8(6-9)12-5-4-11(14)10(12)7-12/h1-3,6,10H,4-5,7H2/t10?,12-/m0/s1. The van der Waals surface area contributed by atoms with Crippen LogP contribution in [-0.2, 0) is 10.2 Å². The second-order valence-corrected chi connectivity index (χ2v) is 5.31. The summed E-state index contributed by atoms with van der Waals surface area (Å²) in [4.78, 5) is 11.5. The largest absolute Gasteiger partial charge is 0.299 e. The Kier molecular flexibility index (Phi) is 1.67. The summed E-state index contributed by atoms with van der Waals surface area (Å²) in [6.45, 7) is 0. The summed E-state index contributed by atoms with van der Waals surface area (Å²) in [7, 11) is 0. The Balaban J connectivity index is 2.01. The van der Waals surface area contributed by atoms with Gasteiger partial charge in [0.15, 0.2) is 0 Å². The van der Waals surface area contributed by atoms with Gasteiger partial charge in [0, 0.05) is 22.2 Å². The first-order valence-corrected chi connectivity index (χ1v) is 5.80. The molecule has 0 aromatic heterocycles. The van der Waals surface area contributed by atoms with Crippen LogP contribution in [0.3, 0.4) is 0 Å². The zero-order valence-electron chi connectivity index (χ0n) is 7.79. The van der Waals surface area contributed by atoms with E-state index in [1.54, 1.807) is 0 Å². The maximum atomic E-state index is 11.5. The van der Waals surface area contributed by atoms with Gasteiger partial charge in [-0.3, -0.25) is 4.79 Å². The van der Waals surface area contributed by atoms with Crippen LogP contribution in [0.4, 0.5) is 0 Å². The highest BCUT2D eigenvalue weighted by Crippen LogP contribution is 2.62. The number of benzene rings is 1. The van der Waals surface area contributed by atoms with E-state index in [1.807, 2.05) is 6.07 Å². The van der Waals surface area contributed by atoms with Crippen molar-refractivity contribution in [1.82, 2.24) is 0 Å². The van der Waals surface area contributed by atoms with Crippen molar-refractivity contribution in [2.24, 2.45) is 5.92 Å². The number of fused-ring (bicyclic) bond motifs is 1.